The molecular weight excluding hydrogens is 196 g/mol. The summed E-state index contributed by atoms with van der Waals surface area (Å²) >= 11 is 0. The van der Waals surface area contributed by atoms with Gasteiger partial charge in [-0.05, 0) is 12.8 Å². The van der Waals surface area contributed by atoms with Gasteiger partial charge >= 0.3 is 0 Å². The highest BCUT2D eigenvalue weighted by Gasteiger charge is 2.30. The molecule has 2 rings (SSSR count). The molecule has 3 N–H and O–H groups in total. The monoisotopic (exact) mass is 208 g/mol. The number of Topliss-reactive ketones (excluding diaryl/α,β-unsaturated/α-hetero) is 1. The van der Waals surface area contributed by atoms with Crippen LogP contribution in [0.3, 0.4) is 0 Å². The van der Waals surface area contributed by atoms with E-state index < -0.39 is 0 Å². The van der Waals surface area contributed by atoms with Crippen LogP contribution in [-0.2, 0) is 0 Å². The van der Waals surface area contributed by atoms with Crippen molar-refractivity contribution in [2.24, 2.45) is 5.92 Å². The molecule has 0 aliphatic heterocycles. The van der Waals surface area contributed by atoms with Crippen molar-refractivity contribution in [2.75, 3.05) is 0 Å². The van der Waals surface area contributed by atoms with Gasteiger partial charge < -0.3 is 15.3 Å². The molecule has 15 heavy (non-hydrogen) atoms. The molecule has 0 amide bonds. The molecule has 0 saturated heterocycles. The maximum atomic E-state index is 11.8. The van der Waals surface area contributed by atoms with Crippen LogP contribution in [0.4, 0.5) is 0 Å². The lowest BCUT2D eigenvalue weighted by molar-refractivity contribution is 0.0849. The number of phenols is 3. The minimum Gasteiger partial charge on any atom is -0.508 e. The van der Waals surface area contributed by atoms with Gasteiger partial charge in [0.05, 0.1) is 0 Å². The van der Waals surface area contributed by atoms with Gasteiger partial charge in [0, 0.05) is 18.1 Å². The van der Waals surface area contributed by atoms with E-state index in [1.165, 1.54) is 0 Å². The number of aromatic hydroxyl groups is 3. The third-order valence-electron chi connectivity index (χ3n) is 2.80. The van der Waals surface area contributed by atoms with E-state index in [-0.39, 0.29) is 34.5 Å². The van der Waals surface area contributed by atoms with Gasteiger partial charge in [-0.1, -0.05) is 6.42 Å². The molecule has 0 heterocycles. The molecule has 4 heteroatoms. The van der Waals surface area contributed by atoms with Gasteiger partial charge in [0.2, 0.25) is 0 Å². The Bertz CT molecular complexity index is 384. The molecule has 4 nitrogen and oxygen atoms in total. The van der Waals surface area contributed by atoms with E-state index in [2.05, 4.69) is 0 Å². The van der Waals surface area contributed by atoms with Crippen LogP contribution < -0.4 is 0 Å². The van der Waals surface area contributed by atoms with Gasteiger partial charge in [-0.15, -0.1) is 0 Å². The van der Waals surface area contributed by atoms with Gasteiger partial charge in [0.15, 0.2) is 5.78 Å². The summed E-state index contributed by atoms with van der Waals surface area (Å²) in [5.41, 5.74) is -0.0718. The molecule has 0 atom stereocenters. The van der Waals surface area contributed by atoms with Crippen molar-refractivity contribution in [1.82, 2.24) is 0 Å². The normalized spacial score (nSPS) is 16.0. The zero-order valence-corrected chi connectivity index (χ0v) is 8.10. The van der Waals surface area contributed by atoms with E-state index in [9.17, 15) is 15.0 Å². The lowest BCUT2D eigenvalue weighted by Gasteiger charge is -2.24. The summed E-state index contributed by atoms with van der Waals surface area (Å²) in [7, 11) is 0. The third-order valence-corrected chi connectivity index (χ3v) is 2.80. The summed E-state index contributed by atoms with van der Waals surface area (Å²) in [5, 5.41) is 28.0. The lowest BCUT2D eigenvalue weighted by atomic mass is 9.79. The Morgan fingerprint density at radius 2 is 1.67 bits per heavy atom. The fraction of sp³-hybridized carbons (Fsp3) is 0.364. The number of ketones is 1. The van der Waals surface area contributed by atoms with Gasteiger partial charge in [-0.2, -0.15) is 0 Å². The SMILES string of the molecule is O=C(c1c(O)cc(O)cc1O)C1CCC1. The fourth-order valence-corrected chi connectivity index (χ4v) is 1.72. The predicted octanol–water partition coefficient (Wildman–Crippen LogP) is 1.79. The molecule has 1 aromatic carbocycles. The number of hydrogen-bond acceptors (Lipinski definition) is 4. The highest BCUT2D eigenvalue weighted by atomic mass is 16.3. The first-order valence-electron chi connectivity index (χ1n) is 4.88. The maximum Gasteiger partial charge on any atom is 0.173 e. The minimum absolute atomic E-state index is 0.0718. The van der Waals surface area contributed by atoms with Crippen molar-refractivity contribution in [2.45, 2.75) is 19.3 Å². The Labute approximate surface area is 86.8 Å². The number of rotatable bonds is 2. The predicted molar refractivity (Wildman–Crippen MR) is 53.1 cm³/mol. The molecule has 80 valence electrons. The Morgan fingerprint density at radius 3 is 2.07 bits per heavy atom. The average Bonchev–Trinajstić information content (AvgIpc) is 1.97. The van der Waals surface area contributed by atoms with Crippen molar-refractivity contribution in [3.05, 3.63) is 17.7 Å². The summed E-state index contributed by atoms with van der Waals surface area (Å²) in [5.74, 6) is -1.30. The molecule has 0 radical (unpaired) electrons. The Balaban J connectivity index is 2.38. The smallest absolute Gasteiger partial charge is 0.173 e. The van der Waals surface area contributed by atoms with Gasteiger partial charge in [-0.3, -0.25) is 4.79 Å². The van der Waals surface area contributed by atoms with Crippen LogP contribution in [0.1, 0.15) is 29.6 Å². The summed E-state index contributed by atoms with van der Waals surface area (Å²) in [6.07, 6.45) is 2.62. The van der Waals surface area contributed by atoms with E-state index >= 15 is 0 Å². The number of benzene rings is 1. The summed E-state index contributed by atoms with van der Waals surface area (Å²) in [6.45, 7) is 0. The van der Waals surface area contributed by atoms with E-state index in [4.69, 9.17) is 5.11 Å². The molecular formula is C11H12O4. The van der Waals surface area contributed by atoms with E-state index in [1.54, 1.807) is 0 Å². The molecule has 0 bridgehead atoms. The number of phenolic OH excluding ortho intramolecular Hbond substituents is 3. The molecule has 0 unspecified atom stereocenters. The first-order chi connectivity index (χ1) is 7.09. The zero-order chi connectivity index (χ0) is 11.0. The summed E-state index contributed by atoms with van der Waals surface area (Å²) in [4.78, 5) is 11.8. The first-order valence-corrected chi connectivity index (χ1v) is 4.88. The minimum atomic E-state index is -0.357. The van der Waals surface area contributed by atoms with Crippen LogP contribution in [0.5, 0.6) is 17.2 Å². The summed E-state index contributed by atoms with van der Waals surface area (Å²) < 4.78 is 0. The average molecular weight is 208 g/mol. The fourth-order valence-electron chi connectivity index (χ4n) is 1.72. The quantitative estimate of drug-likeness (QED) is 0.647. The number of carbonyl (C=O) groups is 1. The standard InChI is InChI=1S/C11H12O4/c12-7-4-8(13)10(9(14)5-7)11(15)6-2-1-3-6/h4-6,12-14H,1-3H2. The Hall–Kier alpha value is -1.71. The Morgan fingerprint density at radius 1 is 1.13 bits per heavy atom. The molecule has 1 aliphatic rings. The second-order valence-corrected chi connectivity index (χ2v) is 3.85. The van der Waals surface area contributed by atoms with Crippen molar-refractivity contribution < 1.29 is 20.1 Å². The van der Waals surface area contributed by atoms with Crippen LogP contribution >= 0.6 is 0 Å². The van der Waals surface area contributed by atoms with E-state index in [1.807, 2.05) is 0 Å². The van der Waals surface area contributed by atoms with Crippen LogP contribution in [-0.4, -0.2) is 21.1 Å². The maximum absolute atomic E-state index is 11.8. The van der Waals surface area contributed by atoms with E-state index in [0.717, 1.165) is 31.4 Å². The number of hydrogen-bond donors (Lipinski definition) is 3. The molecule has 1 aromatic rings. The van der Waals surface area contributed by atoms with Crippen LogP contribution in [0.2, 0.25) is 0 Å². The third kappa shape index (κ3) is 1.63. The second kappa shape index (κ2) is 3.46. The van der Waals surface area contributed by atoms with E-state index in [0.29, 0.717) is 0 Å². The zero-order valence-electron chi connectivity index (χ0n) is 8.10. The second-order valence-electron chi connectivity index (χ2n) is 3.85. The van der Waals surface area contributed by atoms with Crippen molar-refractivity contribution in [3.8, 4) is 17.2 Å². The van der Waals surface area contributed by atoms with Gasteiger partial charge in [0.25, 0.3) is 0 Å². The molecule has 0 spiro atoms. The van der Waals surface area contributed by atoms with Gasteiger partial charge in [0.1, 0.15) is 22.8 Å². The molecule has 1 aliphatic carbocycles. The van der Waals surface area contributed by atoms with Crippen molar-refractivity contribution >= 4 is 5.78 Å². The lowest BCUT2D eigenvalue weighted by Crippen LogP contribution is -2.22. The van der Waals surface area contributed by atoms with Gasteiger partial charge in [-0.25, -0.2) is 0 Å². The topological polar surface area (TPSA) is 77.8 Å². The largest absolute Gasteiger partial charge is 0.508 e. The highest BCUT2D eigenvalue weighted by Crippen LogP contribution is 2.38. The molecule has 0 aromatic heterocycles. The van der Waals surface area contributed by atoms with Crippen molar-refractivity contribution in [1.29, 1.82) is 0 Å². The first kappa shape index (κ1) is 9.83. The van der Waals surface area contributed by atoms with Crippen LogP contribution in [0, 0.1) is 5.92 Å². The molecule has 1 fully saturated rings. The van der Waals surface area contributed by atoms with Crippen LogP contribution in [0.25, 0.3) is 0 Å². The summed E-state index contributed by atoms with van der Waals surface area (Å²) in [6, 6.07) is 2.12. The number of carbonyl (C=O) groups excluding carboxylic acids is 1. The van der Waals surface area contributed by atoms with Crippen molar-refractivity contribution in [3.63, 3.8) is 0 Å². The highest BCUT2D eigenvalue weighted by molar-refractivity contribution is 6.03. The Kier molecular flexibility index (Phi) is 2.26. The van der Waals surface area contributed by atoms with Crippen LogP contribution in [0.15, 0.2) is 12.1 Å². The molecule has 1 saturated carbocycles.